The van der Waals surface area contributed by atoms with Gasteiger partial charge in [-0.15, -0.1) is 0 Å². The minimum atomic E-state index is -0.463. The van der Waals surface area contributed by atoms with Crippen molar-refractivity contribution in [2.75, 3.05) is 13.1 Å². The highest BCUT2D eigenvalue weighted by molar-refractivity contribution is 5.68. The molecule has 0 radical (unpaired) electrons. The largest absolute Gasteiger partial charge is 0.490 e. The maximum Gasteiger partial charge on any atom is 0.410 e. The molecule has 0 bridgehead atoms. The van der Waals surface area contributed by atoms with Crippen LogP contribution in [0.2, 0.25) is 0 Å². The first-order valence-corrected chi connectivity index (χ1v) is 9.86. The summed E-state index contributed by atoms with van der Waals surface area (Å²) in [4.78, 5) is 18.5. The number of hydrogen-bond acceptors (Lipinski definition) is 5. The number of ether oxygens (including phenoxy) is 2. The summed E-state index contributed by atoms with van der Waals surface area (Å²) in [6.45, 7) is 9.43. The van der Waals surface area contributed by atoms with E-state index in [1.54, 1.807) is 12.5 Å². The van der Waals surface area contributed by atoms with Gasteiger partial charge in [-0.25, -0.2) is 9.78 Å². The molecule has 2 aromatic rings. The smallest absolute Gasteiger partial charge is 0.410 e. The topological polar surface area (TPSA) is 64.8 Å². The van der Waals surface area contributed by atoms with E-state index < -0.39 is 5.60 Å². The van der Waals surface area contributed by atoms with Crippen LogP contribution in [-0.2, 0) is 4.74 Å². The van der Waals surface area contributed by atoms with Crippen molar-refractivity contribution in [3.63, 3.8) is 0 Å². The average Bonchev–Trinajstić information content (AvgIpc) is 3.28. The lowest BCUT2D eigenvalue weighted by Crippen LogP contribution is -2.37. The summed E-state index contributed by atoms with van der Waals surface area (Å²) in [6.07, 6.45) is 5.02. The molecule has 1 saturated carbocycles. The monoisotopic (exact) mass is 384 g/mol. The zero-order valence-electron chi connectivity index (χ0n) is 17.0. The fourth-order valence-electron chi connectivity index (χ4n) is 4.44. The molecule has 6 nitrogen and oxygen atoms in total. The van der Waals surface area contributed by atoms with Crippen molar-refractivity contribution in [2.24, 2.45) is 11.3 Å². The van der Waals surface area contributed by atoms with Crippen LogP contribution < -0.4 is 4.74 Å². The van der Waals surface area contributed by atoms with Crippen molar-refractivity contribution in [3.05, 3.63) is 36.7 Å². The number of likely N-dealkylation sites (tertiary alicyclic amines) is 1. The summed E-state index contributed by atoms with van der Waals surface area (Å²) in [5.41, 5.74) is 0.514. The van der Waals surface area contributed by atoms with Gasteiger partial charge >= 0.3 is 6.09 Å². The highest BCUT2D eigenvalue weighted by Crippen LogP contribution is 2.49. The Morgan fingerprint density at radius 3 is 2.86 bits per heavy atom. The van der Waals surface area contributed by atoms with Crippen LogP contribution in [0.25, 0.3) is 11.5 Å². The Bertz CT molecular complexity index is 842. The van der Waals surface area contributed by atoms with Crippen LogP contribution in [0.4, 0.5) is 4.79 Å². The van der Waals surface area contributed by atoms with Gasteiger partial charge in [-0.3, -0.25) is 0 Å². The zero-order chi connectivity index (χ0) is 19.9. The highest BCUT2D eigenvalue weighted by Gasteiger charge is 2.52. The molecule has 1 aromatic heterocycles. The Morgan fingerprint density at radius 1 is 1.36 bits per heavy atom. The second kappa shape index (κ2) is 6.83. The van der Waals surface area contributed by atoms with Crippen LogP contribution in [0, 0.1) is 11.3 Å². The normalized spacial score (nSPS) is 26.9. The zero-order valence-corrected chi connectivity index (χ0v) is 17.0. The van der Waals surface area contributed by atoms with E-state index in [1.807, 2.05) is 49.9 Å². The molecule has 1 amide bonds. The van der Waals surface area contributed by atoms with Gasteiger partial charge in [0.15, 0.2) is 0 Å². The van der Waals surface area contributed by atoms with E-state index in [4.69, 9.17) is 13.9 Å². The van der Waals surface area contributed by atoms with Gasteiger partial charge in [0.1, 0.15) is 17.6 Å². The number of fused-ring (bicyclic) bond motifs is 1. The third-order valence-electron chi connectivity index (χ3n) is 5.69. The molecule has 0 unspecified atom stereocenters. The van der Waals surface area contributed by atoms with Crippen molar-refractivity contribution in [2.45, 2.75) is 52.2 Å². The van der Waals surface area contributed by atoms with Crippen LogP contribution >= 0.6 is 0 Å². The Morgan fingerprint density at radius 2 is 2.18 bits per heavy atom. The lowest BCUT2D eigenvalue weighted by Gasteiger charge is -2.27. The first-order chi connectivity index (χ1) is 13.2. The molecule has 1 aliphatic carbocycles. The lowest BCUT2D eigenvalue weighted by molar-refractivity contribution is 0.0259. The molecular formula is C22H28N2O4. The first kappa shape index (κ1) is 18.8. The molecule has 3 atom stereocenters. The van der Waals surface area contributed by atoms with Gasteiger partial charge in [0.05, 0.1) is 12.3 Å². The Hall–Kier alpha value is -2.50. The van der Waals surface area contributed by atoms with Crippen LogP contribution in [0.3, 0.4) is 0 Å². The van der Waals surface area contributed by atoms with Crippen LogP contribution in [0.1, 0.15) is 40.5 Å². The number of amides is 1. The SMILES string of the molecule is CC(C)(C)OC(=O)N1C[C@H]2C[C@H](Oc3cccc(-c4ncco4)c3)C[C@@]2(C)C1. The van der Waals surface area contributed by atoms with Gasteiger partial charge in [0.2, 0.25) is 5.89 Å². The van der Waals surface area contributed by atoms with Crippen molar-refractivity contribution in [1.82, 2.24) is 9.88 Å². The van der Waals surface area contributed by atoms with E-state index in [-0.39, 0.29) is 17.6 Å². The van der Waals surface area contributed by atoms with Gasteiger partial charge in [0.25, 0.3) is 0 Å². The molecule has 0 spiro atoms. The lowest BCUT2D eigenvalue weighted by atomic mass is 9.83. The number of aromatic nitrogens is 1. The third-order valence-corrected chi connectivity index (χ3v) is 5.69. The number of oxazole rings is 1. The van der Waals surface area contributed by atoms with Crippen molar-refractivity contribution >= 4 is 6.09 Å². The molecule has 28 heavy (non-hydrogen) atoms. The summed E-state index contributed by atoms with van der Waals surface area (Å²) in [5.74, 6) is 1.85. The Balaban J connectivity index is 1.38. The number of carbonyl (C=O) groups excluding carboxylic acids is 1. The summed E-state index contributed by atoms with van der Waals surface area (Å²) in [6, 6.07) is 7.85. The van der Waals surface area contributed by atoms with E-state index in [0.717, 1.165) is 37.2 Å². The molecule has 6 heteroatoms. The Kier molecular flexibility index (Phi) is 4.60. The second-order valence-electron chi connectivity index (χ2n) is 9.26. The summed E-state index contributed by atoms with van der Waals surface area (Å²) in [5, 5.41) is 0. The first-order valence-electron chi connectivity index (χ1n) is 9.86. The molecule has 1 aromatic carbocycles. The molecule has 2 fully saturated rings. The fraction of sp³-hybridized carbons (Fsp3) is 0.545. The van der Waals surface area contributed by atoms with Crippen molar-refractivity contribution < 1.29 is 18.7 Å². The molecule has 1 aliphatic heterocycles. The molecule has 150 valence electrons. The molecule has 1 saturated heterocycles. The Labute approximate surface area is 165 Å². The van der Waals surface area contributed by atoms with Crippen molar-refractivity contribution in [3.8, 4) is 17.2 Å². The number of rotatable bonds is 3. The maximum atomic E-state index is 12.4. The number of carbonyl (C=O) groups is 1. The maximum absolute atomic E-state index is 12.4. The van der Waals surface area contributed by atoms with Crippen LogP contribution in [-0.4, -0.2) is 40.8 Å². The van der Waals surface area contributed by atoms with Gasteiger partial charge < -0.3 is 18.8 Å². The average molecular weight is 384 g/mol. The van der Waals surface area contributed by atoms with Gasteiger partial charge in [0, 0.05) is 18.7 Å². The molecule has 4 rings (SSSR count). The molecule has 0 N–H and O–H groups in total. The molecule has 2 heterocycles. The minimum absolute atomic E-state index is 0.0712. The summed E-state index contributed by atoms with van der Waals surface area (Å²) >= 11 is 0. The summed E-state index contributed by atoms with van der Waals surface area (Å²) in [7, 11) is 0. The quantitative estimate of drug-likeness (QED) is 0.764. The number of benzene rings is 1. The van der Waals surface area contributed by atoms with Crippen LogP contribution in [0.5, 0.6) is 5.75 Å². The number of hydrogen-bond donors (Lipinski definition) is 0. The molecular weight excluding hydrogens is 356 g/mol. The number of nitrogens with zero attached hydrogens (tertiary/aromatic N) is 2. The van der Waals surface area contributed by atoms with E-state index in [2.05, 4.69) is 11.9 Å². The van der Waals surface area contributed by atoms with Crippen LogP contribution in [0.15, 0.2) is 41.1 Å². The van der Waals surface area contributed by atoms with Gasteiger partial charge in [-0.1, -0.05) is 13.0 Å². The van der Waals surface area contributed by atoms with Crippen molar-refractivity contribution in [1.29, 1.82) is 0 Å². The second-order valence-corrected chi connectivity index (χ2v) is 9.26. The van der Waals surface area contributed by atoms with Gasteiger partial charge in [-0.2, -0.15) is 0 Å². The van der Waals surface area contributed by atoms with E-state index in [9.17, 15) is 4.79 Å². The van der Waals surface area contributed by atoms with Gasteiger partial charge in [-0.05, 0) is 63.1 Å². The minimum Gasteiger partial charge on any atom is -0.490 e. The molecule has 2 aliphatic rings. The predicted molar refractivity (Wildman–Crippen MR) is 105 cm³/mol. The predicted octanol–water partition coefficient (Wildman–Crippen LogP) is 4.76. The third kappa shape index (κ3) is 3.86. The highest BCUT2D eigenvalue weighted by atomic mass is 16.6. The standard InChI is InChI=1S/C22H28N2O4/c1-21(2,3)28-20(25)24-13-16-11-18(12-22(16,4)14-24)27-17-7-5-6-15(10-17)19-23-8-9-26-19/h5-10,16,18H,11-14H2,1-4H3/t16-,18+,22+/m1/s1. The van der Waals surface area contributed by atoms with E-state index in [0.29, 0.717) is 11.8 Å². The fourth-order valence-corrected chi connectivity index (χ4v) is 4.44. The van der Waals surface area contributed by atoms with E-state index >= 15 is 0 Å². The van der Waals surface area contributed by atoms with E-state index in [1.165, 1.54) is 0 Å². The summed E-state index contributed by atoms with van der Waals surface area (Å²) < 4.78 is 17.2.